The van der Waals surface area contributed by atoms with Crippen LogP contribution >= 0.6 is 0 Å². The number of amides is 4. The van der Waals surface area contributed by atoms with Crippen LogP contribution < -0.4 is 20.9 Å². The van der Waals surface area contributed by atoms with Gasteiger partial charge in [0.05, 0.1) is 11.4 Å². The maximum Gasteiger partial charge on any atom is 0.323 e. The van der Waals surface area contributed by atoms with E-state index in [1.807, 2.05) is 36.4 Å². The van der Waals surface area contributed by atoms with Crippen LogP contribution in [0.25, 0.3) is 0 Å². The van der Waals surface area contributed by atoms with E-state index in [1.165, 1.54) is 11.3 Å². The van der Waals surface area contributed by atoms with Gasteiger partial charge in [-0.2, -0.15) is 0 Å². The zero-order chi connectivity index (χ0) is 22.5. The Balaban J connectivity index is 1.52. The molecule has 1 fully saturated rings. The molecule has 2 unspecified atom stereocenters. The number of nitrogens with one attached hydrogen (secondary N) is 3. The minimum Gasteiger partial charge on any atom is -0.351 e. The third-order valence-electron chi connectivity index (χ3n) is 6.35. The molecular weight excluding hydrogens is 404 g/mol. The Kier molecular flexibility index (Phi) is 6.73. The Hall–Kier alpha value is -3.35. The first-order chi connectivity index (χ1) is 15.5. The highest BCUT2D eigenvalue weighted by Gasteiger charge is 2.31. The molecule has 0 saturated heterocycles. The molecule has 7 heteroatoms. The van der Waals surface area contributed by atoms with Crippen molar-refractivity contribution in [2.45, 2.75) is 51.1 Å². The summed E-state index contributed by atoms with van der Waals surface area (Å²) in [5, 5.41) is 8.85. The van der Waals surface area contributed by atoms with E-state index in [0.29, 0.717) is 23.7 Å². The number of anilines is 2. The van der Waals surface area contributed by atoms with Crippen molar-refractivity contribution in [1.82, 2.24) is 10.6 Å². The zero-order valence-corrected chi connectivity index (χ0v) is 18.3. The molecule has 168 valence electrons. The van der Waals surface area contributed by atoms with Gasteiger partial charge in [0.15, 0.2) is 0 Å². The van der Waals surface area contributed by atoms with Gasteiger partial charge in [0.1, 0.15) is 12.6 Å². The van der Waals surface area contributed by atoms with Crippen LogP contribution in [-0.4, -0.2) is 36.5 Å². The molecule has 0 aromatic heterocycles. The standard InChI is InChI=1S/C25H30N4O3/c1-17-9-5-6-12-19(17)27-24(31)21(15-18-10-3-2-4-11-18)28-25(32)29-16-23(30)26-20-13-7-8-14-22(20)29/h2-4,7-8,10-11,13-14,17,19,21H,5-6,9,12,15-16H2,1H3,(H,26,30)(H,27,31)(H,28,32)/t17?,19?,21-/m0/s1. The number of nitrogens with zero attached hydrogens (tertiary/aromatic N) is 1. The predicted octanol–water partition coefficient (Wildman–Crippen LogP) is 3.46. The summed E-state index contributed by atoms with van der Waals surface area (Å²) in [6, 6.07) is 15.7. The van der Waals surface area contributed by atoms with Crippen molar-refractivity contribution >= 4 is 29.2 Å². The molecule has 2 aromatic carbocycles. The quantitative estimate of drug-likeness (QED) is 0.673. The van der Waals surface area contributed by atoms with Crippen molar-refractivity contribution in [3.05, 3.63) is 60.2 Å². The Morgan fingerprint density at radius 3 is 2.56 bits per heavy atom. The summed E-state index contributed by atoms with van der Waals surface area (Å²) in [4.78, 5) is 40.0. The number of hydrogen-bond donors (Lipinski definition) is 3. The van der Waals surface area contributed by atoms with Crippen molar-refractivity contribution in [2.24, 2.45) is 5.92 Å². The number of para-hydroxylation sites is 2. The van der Waals surface area contributed by atoms with Crippen LogP contribution in [0, 0.1) is 5.92 Å². The lowest BCUT2D eigenvalue weighted by molar-refractivity contribution is -0.124. The molecule has 3 atom stereocenters. The molecule has 2 aromatic rings. The summed E-state index contributed by atoms with van der Waals surface area (Å²) in [6.45, 7) is 2.07. The van der Waals surface area contributed by atoms with E-state index in [-0.39, 0.29) is 24.4 Å². The highest BCUT2D eigenvalue weighted by Crippen LogP contribution is 2.29. The van der Waals surface area contributed by atoms with Crippen LogP contribution in [0.4, 0.5) is 16.2 Å². The van der Waals surface area contributed by atoms with E-state index in [9.17, 15) is 14.4 Å². The smallest absolute Gasteiger partial charge is 0.323 e. The van der Waals surface area contributed by atoms with Crippen molar-refractivity contribution in [2.75, 3.05) is 16.8 Å². The second-order valence-corrected chi connectivity index (χ2v) is 8.72. The van der Waals surface area contributed by atoms with Crippen molar-refractivity contribution in [3.63, 3.8) is 0 Å². The fraction of sp³-hybridized carbons (Fsp3) is 0.400. The highest BCUT2D eigenvalue weighted by molar-refractivity contribution is 6.10. The maximum atomic E-state index is 13.3. The molecular formula is C25H30N4O3. The predicted molar refractivity (Wildman–Crippen MR) is 124 cm³/mol. The number of carbonyl (C=O) groups is 3. The fourth-order valence-electron chi connectivity index (χ4n) is 4.51. The Morgan fingerprint density at radius 1 is 1.06 bits per heavy atom. The minimum atomic E-state index is -0.740. The lowest BCUT2D eigenvalue weighted by atomic mass is 9.85. The minimum absolute atomic E-state index is 0.0951. The molecule has 1 saturated carbocycles. The third-order valence-corrected chi connectivity index (χ3v) is 6.35. The first-order valence-corrected chi connectivity index (χ1v) is 11.3. The summed E-state index contributed by atoms with van der Waals surface area (Å²) in [6.07, 6.45) is 4.72. The van der Waals surface area contributed by atoms with Crippen molar-refractivity contribution < 1.29 is 14.4 Å². The molecule has 4 amide bonds. The lowest BCUT2D eigenvalue weighted by Crippen LogP contribution is -2.56. The number of fused-ring (bicyclic) bond motifs is 1. The van der Waals surface area contributed by atoms with Crippen LogP contribution in [0.2, 0.25) is 0 Å². The van der Waals surface area contributed by atoms with Crippen LogP contribution in [0.15, 0.2) is 54.6 Å². The molecule has 1 aliphatic carbocycles. The second kappa shape index (κ2) is 9.85. The number of urea groups is 1. The van der Waals surface area contributed by atoms with E-state index < -0.39 is 12.1 Å². The van der Waals surface area contributed by atoms with E-state index in [2.05, 4.69) is 22.9 Å². The van der Waals surface area contributed by atoms with Gasteiger partial charge in [0, 0.05) is 12.5 Å². The van der Waals surface area contributed by atoms with Gasteiger partial charge in [-0.3, -0.25) is 14.5 Å². The first kappa shape index (κ1) is 21.9. The summed E-state index contributed by atoms with van der Waals surface area (Å²) in [5.41, 5.74) is 2.16. The second-order valence-electron chi connectivity index (χ2n) is 8.72. The molecule has 0 bridgehead atoms. The molecule has 3 N–H and O–H groups in total. The summed E-state index contributed by atoms with van der Waals surface area (Å²) < 4.78 is 0. The maximum absolute atomic E-state index is 13.3. The number of carbonyl (C=O) groups excluding carboxylic acids is 3. The van der Waals surface area contributed by atoms with Gasteiger partial charge in [-0.05, 0) is 36.5 Å². The average Bonchev–Trinajstić information content (AvgIpc) is 2.80. The molecule has 32 heavy (non-hydrogen) atoms. The van der Waals surface area contributed by atoms with Crippen molar-refractivity contribution in [1.29, 1.82) is 0 Å². The lowest BCUT2D eigenvalue weighted by Gasteiger charge is -2.33. The average molecular weight is 435 g/mol. The van der Waals surface area contributed by atoms with Crippen molar-refractivity contribution in [3.8, 4) is 0 Å². The molecule has 1 heterocycles. The van der Waals surface area contributed by atoms with Gasteiger partial charge >= 0.3 is 6.03 Å². The molecule has 4 rings (SSSR count). The molecule has 0 spiro atoms. The van der Waals surface area contributed by atoms with E-state index >= 15 is 0 Å². The first-order valence-electron chi connectivity index (χ1n) is 11.3. The van der Waals surface area contributed by atoms with E-state index in [1.54, 1.807) is 18.2 Å². The van der Waals surface area contributed by atoms with Crippen LogP contribution in [0.5, 0.6) is 0 Å². The van der Waals surface area contributed by atoms with Crippen LogP contribution in [0.3, 0.4) is 0 Å². The van der Waals surface area contributed by atoms with Gasteiger partial charge in [-0.1, -0.05) is 62.2 Å². The molecule has 1 aliphatic heterocycles. The van der Waals surface area contributed by atoms with Crippen LogP contribution in [-0.2, 0) is 16.0 Å². The largest absolute Gasteiger partial charge is 0.351 e. The Labute approximate surface area is 188 Å². The van der Waals surface area contributed by atoms with Gasteiger partial charge in [0.2, 0.25) is 11.8 Å². The third kappa shape index (κ3) is 5.10. The molecule has 7 nitrogen and oxygen atoms in total. The Bertz CT molecular complexity index is 978. The zero-order valence-electron chi connectivity index (χ0n) is 18.3. The monoisotopic (exact) mass is 434 g/mol. The molecule has 2 aliphatic rings. The van der Waals surface area contributed by atoms with E-state index in [0.717, 1.165) is 24.8 Å². The van der Waals surface area contributed by atoms with Gasteiger partial charge < -0.3 is 16.0 Å². The van der Waals surface area contributed by atoms with Crippen LogP contribution in [0.1, 0.15) is 38.2 Å². The van der Waals surface area contributed by atoms with Gasteiger partial charge in [-0.25, -0.2) is 4.79 Å². The summed E-state index contributed by atoms with van der Waals surface area (Å²) in [5.74, 6) is -0.0342. The normalized spacial score (nSPS) is 21.2. The Morgan fingerprint density at radius 2 is 1.78 bits per heavy atom. The number of hydrogen-bond acceptors (Lipinski definition) is 3. The number of benzene rings is 2. The summed E-state index contributed by atoms with van der Waals surface area (Å²) in [7, 11) is 0. The van der Waals surface area contributed by atoms with Gasteiger partial charge in [0.25, 0.3) is 0 Å². The van der Waals surface area contributed by atoms with Gasteiger partial charge in [-0.15, -0.1) is 0 Å². The highest BCUT2D eigenvalue weighted by atomic mass is 16.2. The summed E-state index contributed by atoms with van der Waals surface area (Å²) >= 11 is 0. The topological polar surface area (TPSA) is 90.5 Å². The number of rotatable bonds is 5. The fourth-order valence-corrected chi connectivity index (χ4v) is 4.51. The molecule has 0 radical (unpaired) electrons. The SMILES string of the molecule is CC1CCCCC1NC(=O)[C@H](Cc1ccccc1)NC(=O)N1CC(=O)Nc2ccccc21. The van der Waals surface area contributed by atoms with E-state index in [4.69, 9.17) is 0 Å².